The summed E-state index contributed by atoms with van der Waals surface area (Å²) in [6, 6.07) is 9.49. The zero-order chi connectivity index (χ0) is 17.6. The third-order valence-electron chi connectivity index (χ3n) is 7.68. The molecule has 1 aromatic carbocycles. The summed E-state index contributed by atoms with van der Waals surface area (Å²) in [4.78, 5) is 0. The van der Waals surface area contributed by atoms with E-state index in [4.69, 9.17) is 0 Å². The Morgan fingerprint density at radius 3 is 1.96 bits per heavy atom. The van der Waals surface area contributed by atoms with Crippen molar-refractivity contribution in [1.29, 1.82) is 0 Å². The van der Waals surface area contributed by atoms with Crippen LogP contribution < -0.4 is 0 Å². The molecule has 0 N–H and O–H groups in total. The van der Waals surface area contributed by atoms with Gasteiger partial charge < -0.3 is 0 Å². The predicted molar refractivity (Wildman–Crippen MR) is 110 cm³/mol. The molecule has 2 aliphatic rings. The van der Waals surface area contributed by atoms with Crippen molar-refractivity contribution in [3.63, 3.8) is 0 Å². The summed E-state index contributed by atoms with van der Waals surface area (Å²) in [5, 5.41) is 0. The summed E-state index contributed by atoms with van der Waals surface area (Å²) >= 11 is 0. The molecule has 0 bridgehead atoms. The molecule has 2 saturated carbocycles. The van der Waals surface area contributed by atoms with Crippen molar-refractivity contribution in [3.8, 4) is 0 Å². The highest BCUT2D eigenvalue weighted by Crippen LogP contribution is 2.42. The van der Waals surface area contributed by atoms with Gasteiger partial charge in [0, 0.05) is 0 Å². The van der Waals surface area contributed by atoms with Crippen molar-refractivity contribution in [3.05, 3.63) is 35.4 Å². The Hall–Kier alpha value is -0.780. The molecule has 0 amide bonds. The van der Waals surface area contributed by atoms with E-state index in [1.54, 1.807) is 5.56 Å². The quantitative estimate of drug-likeness (QED) is 0.496. The van der Waals surface area contributed by atoms with Crippen molar-refractivity contribution in [2.75, 3.05) is 0 Å². The lowest BCUT2D eigenvalue weighted by Gasteiger charge is -2.35. The van der Waals surface area contributed by atoms with E-state index in [-0.39, 0.29) is 0 Å². The van der Waals surface area contributed by atoms with Crippen LogP contribution in [0.3, 0.4) is 0 Å². The molecule has 0 spiro atoms. The first-order valence-electron chi connectivity index (χ1n) is 11.3. The molecule has 140 valence electrons. The second-order valence-corrected chi connectivity index (χ2v) is 9.21. The van der Waals surface area contributed by atoms with E-state index in [0.717, 1.165) is 36.0 Å². The van der Waals surface area contributed by atoms with Crippen LogP contribution in [0.1, 0.15) is 102 Å². The van der Waals surface area contributed by atoms with Gasteiger partial charge in [-0.15, -0.1) is 0 Å². The molecule has 1 atom stereocenters. The van der Waals surface area contributed by atoms with Gasteiger partial charge in [0.15, 0.2) is 0 Å². The van der Waals surface area contributed by atoms with Crippen molar-refractivity contribution in [1.82, 2.24) is 0 Å². The van der Waals surface area contributed by atoms with Gasteiger partial charge in [-0.1, -0.05) is 64.3 Å². The zero-order valence-corrected chi connectivity index (χ0v) is 17.0. The van der Waals surface area contributed by atoms with Crippen molar-refractivity contribution in [2.24, 2.45) is 23.7 Å². The SMILES string of the molecule is CCc1ccc(C2CCC(CC(C)C3CCC(CC)CC3)CC2)cc1. The first-order chi connectivity index (χ1) is 12.2. The predicted octanol–water partition coefficient (Wildman–Crippen LogP) is 7.77. The Morgan fingerprint density at radius 1 is 0.800 bits per heavy atom. The summed E-state index contributed by atoms with van der Waals surface area (Å²) < 4.78 is 0. The summed E-state index contributed by atoms with van der Waals surface area (Å²) in [6.45, 7) is 7.19. The molecule has 2 aliphatic carbocycles. The number of aryl methyl sites for hydroxylation is 1. The highest BCUT2D eigenvalue weighted by Gasteiger charge is 2.28. The highest BCUT2D eigenvalue weighted by molar-refractivity contribution is 5.25. The molecule has 0 aliphatic heterocycles. The topological polar surface area (TPSA) is 0 Å². The lowest BCUT2D eigenvalue weighted by atomic mass is 9.70. The average molecular weight is 341 g/mol. The fraction of sp³-hybridized carbons (Fsp3) is 0.760. The normalized spacial score (nSPS) is 31.6. The molecule has 1 unspecified atom stereocenters. The van der Waals surface area contributed by atoms with Gasteiger partial charge in [-0.25, -0.2) is 0 Å². The monoisotopic (exact) mass is 340 g/mol. The van der Waals surface area contributed by atoms with Crippen LogP contribution in [0, 0.1) is 23.7 Å². The summed E-state index contributed by atoms with van der Waals surface area (Å²) in [5.74, 6) is 4.87. The molecular formula is C25H40. The second-order valence-electron chi connectivity index (χ2n) is 9.21. The van der Waals surface area contributed by atoms with E-state index in [1.165, 1.54) is 69.8 Å². The highest BCUT2D eigenvalue weighted by atomic mass is 14.3. The molecule has 0 nitrogen and oxygen atoms in total. The van der Waals surface area contributed by atoms with E-state index in [2.05, 4.69) is 45.0 Å². The van der Waals surface area contributed by atoms with E-state index in [0.29, 0.717) is 0 Å². The second kappa shape index (κ2) is 9.24. The number of benzene rings is 1. The first kappa shape index (κ1) is 19.0. The molecule has 1 aromatic rings. The van der Waals surface area contributed by atoms with Crippen molar-refractivity contribution < 1.29 is 0 Å². The summed E-state index contributed by atoms with van der Waals surface area (Å²) in [6.07, 6.45) is 15.9. The zero-order valence-electron chi connectivity index (χ0n) is 17.0. The van der Waals surface area contributed by atoms with Crippen LogP contribution in [0.5, 0.6) is 0 Å². The van der Waals surface area contributed by atoms with Gasteiger partial charge in [-0.3, -0.25) is 0 Å². The Labute approximate surface area is 156 Å². The van der Waals surface area contributed by atoms with Gasteiger partial charge in [0.1, 0.15) is 0 Å². The molecule has 0 heteroatoms. The Morgan fingerprint density at radius 2 is 1.40 bits per heavy atom. The minimum atomic E-state index is 0.831. The van der Waals surface area contributed by atoms with Crippen LogP contribution in [-0.4, -0.2) is 0 Å². The minimum absolute atomic E-state index is 0.831. The Bertz CT molecular complexity index is 483. The van der Waals surface area contributed by atoms with Gasteiger partial charge >= 0.3 is 0 Å². The van der Waals surface area contributed by atoms with E-state index in [9.17, 15) is 0 Å². The number of rotatable bonds is 6. The van der Waals surface area contributed by atoms with Gasteiger partial charge in [0.25, 0.3) is 0 Å². The maximum atomic E-state index is 2.56. The Balaban J connectivity index is 1.42. The van der Waals surface area contributed by atoms with Crippen LogP contribution in [0.4, 0.5) is 0 Å². The standard InChI is InChI=1S/C25H40/c1-4-20-6-12-23(13-7-20)19(3)18-22-10-16-25(17-11-22)24-14-8-21(5-2)9-15-24/h8-9,14-15,19-20,22-23,25H,4-7,10-13,16-18H2,1-3H3. The lowest BCUT2D eigenvalue weighted by molar-refractivity contribution is 0.172. The van der Waals surface area contributed by atoms with Gasteiger partial charge in [0.2, 0.25) is 0 Å². The molecule has 0 aromatic heterocycles. The van der Waals surface area contributed by atoms with Crippen LogP contribution >= 0.6 is 0 Å². The van der Waals surface area contributed by atoms with Gasteiger partial charge in [-0.05, 0) is 92.1 Å². The summed E-state index contributed by atoms with van der Waals surface area (Å²) in [7, 11) is 0. The molecule has 0 heterocycles. The van der Waals surface area contributed by atoms with Crippen molar-refractivity contribution in [2.45, 2.75) is 97.3 Å². The van der Waals surface area contributed by atoms with E-state index in [1.807, 2.05) is 0 Å². The smallest absolute Gasteiger partial charge is 0.0162 e. The third-order valence-corrected chi connectivity index (χ3v) is 7.68. The van der Waals surface area contributed by atoms with E-state index < -0.39 is 0 Å². The molecule has 25 heavy (non-hydrogen) atoms. The minimum Gasteiger partial charge on any atom is -0.0651 e. The van der Waals surface area contributed by atoms with Crippen molar-refractivity contribution >= 4 is 0 Å². The molecular weight excluding hydrogens is 300 g/mol. The third kappa shape index (κ3) is 5.11. The fourth-order valence-corrected chi connectivity index (χ4v) is 5.64. The maximum Gasteiger partial charge on any atom is -0.0162 e. The molecule has 0 radical (unpaired) electrons. The van der Waals surface area contributed by atoms with Gasteiger partial charge in [0.05, 0.1) is 0 Å². The maximum absolute atomic E-state index is 2.56. The van der Waals surface area contributed by atoms with Crippen LogP contribution in [0.2, 0.25) is 0 Å². The molecule has 2 fully saturated rings. The van der Waals surface area contributed by atoms with Crippen LogP contribution in [0.25, 0.3) is 0 Å². The van der Waals surface area contributed by atoms with E-state index >= 15 is 0 Å². The number of hydrogen-bond donors (Lipinski definition) is 0. The number of hydrogen-bond acceptors (Lipinski definition) is 0. The largest absolute Gasteiger partial charge is 0.0651 e. The lowest BCUT2D eigenvalue weighted by Crippen LogP contribution is -2.23. The molecule has 3 rings (SSSR count). The first-order valence-corrected chi connectivity index (χ1v) is 11.3. The Kier molecular flexibility index (Phi) is 7.02. The molecule has 0 saturated heterocycles. The van der Waals surface area contributed by atoms with Crippen LogP contribution in [-0.2, 0) is 6.42 Å². The fourth-order valence-electron chi connectivity index (χ4n) is 5.64. The summed E-state index contributed by atoms with van der Waals surface area (Å²) in [5.41, 5.74) is 3.07. The van der Waals surface area contributed by atoms with Gasteiger partial charge in [-0.2, -0.15) is 0 Å². The average Bonchev–Trinajstić information content (AvgIpc) is 2.68. The van der Waals surface area contributed by atoms with Crippen LogP contribution in [0.15, 0.2) is 24.3 Å².